The standard InChI is InChI=1S/C23H24N4O2/c28-21(24-14-4-10-18-8-2-1-3-9-18)13-7-17-27-22-19(11-5-15-25-22)26-16-6-12-20(26)23(27)29/h1-3,5-6,8-9,11-12,15-16H,4,7,10,13-14,17H2,(H,24,28). The van der Waals surface area contributed by atoms with Gasteiger partial charge in [0, 0.05) is 31.9 Å². The summed E-state index contributed by atoms with van der Waals surface area (Å²) in [5.74, 6) is 0.0205. The Balaban J connectivity index is 1.33. The van der Waals surface area contributed by atoms with Crippen molar-refractivity contribution in [1.29, 1.82) is 0 Å². The van der Waals surface area contributed by atoms with E-state index in [1.54, 1.807) is 10.8 Å². The minimum Gasteiger partial charge on any atom is -0.356 e. The Morgan fingerprint density at radius 3 is 2.66 bits per heavy atom. The van der Waals surface area contributed by atoms with Gasteiger partial charge in [0.15, 0.2) is 5.65 Å². The third kappa shape index (κ3) is 4.21. The van der Waals surface area contributed by atoms with E-state index in [1.807, 2.05) is 53.1 Å². The third-order valence-corrected chi connectivity index (χ3v) is 5.09. The third-order valence-electron chi connectivity index (χ3n) is 5.09. The molecule has 0 aliphatic heterocycles. The predicted octanol–water partition coefficient (Wildman–Crippen LogP) is 3.18. The SMILES string of the molecule is O=C(CCCn1c(=O)c2cccn2c2cccnc21)NCCCc1ccccc1. The van der Waals surface area contributed by atoms with Crippen molar-refractivity contribution in [1.82, 2.24) is 19.3 Å². The van der Waals surface area contributed by atoms with E-state index in [1.165, 1.54) is 5.56 Å². The fraction of sp³-hybridized carbons (Fsp3) is 0.261. The number of hydrogen-bond donors (Lipinski definition) is 1. The molecule has 0 fully saturated rings. The summed E-state index contributed by atoms with van der Waals surface area (Å²) >= 11 is 0. The predicted molar refractivity (Wildman–Crippen MR) is 114 cm³/mol. The maximum Gasteiger partial charge on any atom is 0.276 e. The smallest absolute Gasteiger partial charge is 0.276 e. The average Bonchev–Trinajstić information content (AvgIpc) is 3.25. The van der Waals surface area contributed by atoms with Gasteiger partial charge in [-0.3, -0.25) is 14.2 Å². The van der Waals surface area contributed by atoms with Crippen LogP contribution in [0.3, 0.4) is 0 Å². The summed E-state index contributed by atoms with van der Waals surface area (Å²) in [5, 5.41) is 2.97. The van der Waals surface area contributed by atoms with Gasteiger partial charge in [-0.25, -0.2) is 4.98 Å². The van der Waals surface area contributed by atoms with Crippen molar-refractivity contribution in [2.75, 3.05) is 6.54 Å². The lowest BCUT2D eigenvalue weighted by Gasteiger charge is -2.11. The molecule has 3 aromatic heterocycles. The zero-order chi connectivity index (χ0) is 20.1. The van der Waals surface area contributed by atoms with Crippen LogP contribution in [0.4, 0.5) is 0 Å². The van der Waals surface area contributed by atoms with Crippen LogP contribution in [0.25, 0.3) is 16.7 Å². The molecule has 4 rings (SSSR count). The van der Waals surface area contributed by atoms with Crippen LogP contribution < -0.4 is 10.9 Å². The van der Waals surface area contributed by atoms with E-state index >= 15 is 0 Å². The van der Waals surface area contributed by atoms with Gasteiger partial charge < -0.3 is 9.72 Å². The van der Waals surface area contributed by atoms with E-state index in [0.717, 1.165) is 18.4 Å². The Morgan fingerprint density at radius 2 is 1.79 bits per heavy atom. The molecule has 148 valence electrons. The lowest BCUT2D eigenvalue weighted by atomic mass is 10.1. The summed E-state index contributed by atoms with van der Waals surface area (Å²) in [5.41, 5.74) is 3.35. The zero-order valence-electron chi connectivity index (χ0n) is 16.3. The fourth-order valence-electron chi connectivity index (χ4n) is 3.64. The number of carbonyl (C=O) groups is 1. The highest BCUT2D eigenvalue weighted by molar-refractivity contribution is 5.76. The molecular weight excluding hydrogens is 364 g/mol. The Labute approximate surface area is 168 Å². The molecule has 1 N–H and O–H groups in total. The largest absolute Gasteiger partial charge is 0.356 e. The van der Waals surface area contributed by atoms with Crippen LogP contribution in [-0.2, 0) is 17.8 Å². The van der Waals surface area contributed by atoms with E-state index < -0.39 is 0 Å². The fourth-order valence-corrected chi connectivity index (χ4v) is 3.64. The molecular formula is C23H24N4O2. The number of fused-ring (bicyclic) bond motifs is 3. The van der Waals surface area contributed by atoms with Gasteiger partial charge >= 0.3 is 0 Å². The molecule has 0 aliphatic rings. The molecule has 4 aromatic rings. The molecule has 0 spiro atoms. The number of nitrogens with zero attached hydrogens (tertiary/aromatic N) is 3. The topological polar surface area (TPSA) is 68.4 Å². The summed E-state index contributed by atoms with van der Waals surface area (Å²) in [6.45, 7) is 1.12. The average molecular weight is 388 g/mol. The Morgan fingerprint density at radius 1 is 0.966 bits per heavy atom. The molecule has 3 heterocycles. The zero-order valence-corrected chi connectivity index (χ0v) is 16.3. The maximum absolute atomic E-state index is 12.8. The molecule has 1 aromatic carbocycles. The van der Waals surface area contributed by atoms with Gasteiger partial charge in [0.25, 0.3) is 5.56 Å². The van der Waals surface area contributed by atoms with Crippen LogP contribution in [-0.4, -0.2) is 26.4 Å². The molecule has 0 aliphatic carbocycles. The molecule has 0 unspecified atom stereocenters. The number of aromatic nitrogens is 3. The van der Waals surface area contributed by atoms with Gasteiger partial charge in [0.05, 0.1) is 5.52 Å². The molecule has 6 nitrogen and oxygen atoms in total. The van der Waals surface area contributed by atoms with Gasteiger partial charge in [-0.1, -0.05) is 30.3 Å². The number of nitrogens with one attached hydrogen (secondary N) is 1. The monoisotopic (exact) mass is 388 g/mol. The van der Waals surface area contributed by atoms with Crippen molar-refractivity contribution in [3.63, 3.8) is 0 Å². The second kappa shape index (κ2) is 8.73. The number of aryl methyl sites for hydroxylation is 2. The van der Waals surface area contributed by atoms with Crippen LogP contribution in [0, 0.1) is 0 Å². The molecule has 0 saturated carbocycles. The molecule has 0 radical (unpaired) electrons. The van der Waals surface area contributed by atoms with Crippen LogP contribution >= 0.6 is 0 Å². The lowest BCUT2D eigenvalue weighted by Crippen LogP contribution is -2.27. The minimum absolute atomic E-state index is 0.0205. The number of amides is 1. The summed E-state index contributed by atoms with van der Waals surface area (Å²) in [6, 6.07) is 17.7. The van der Waals surface area contributed by atoms with Gasteiger partial charge in [-0.2, -0.15) is 0 Å². The van der Waals surface area contributed by atoms with Crippen LogP contribution in [0.2, 0.25) is 0 Å². The second-order valence-electron chi connectivity index (χ2n) is 7.11. The van der Waals surface area contributed by atoms with Crippen LogP contribution in [0.15, 0.2) is 71.8 Å². The van der Waals surface area contributed by atoms with Gasteiger partial charge in [0.1, 0.15) is 5.52 Å². The molecule has 0 saturated heterocycles. The van der Waals surface area contributed by atoms with Gasteiger partial charge in [-0.05, 0) is 49.1 Å². The highest BCUT2D eigenvalue weighted by atomic mass is 16.1. The highest BCUT2D eigenvalue weighted by Crippen LogP contribution is 2.13. The number of hydrogen-bond acceptors (Lipinski definition) is 3. The lowest BCUT2D eigenvalue weighted by molar-refractivity contribution is -0.121. The number of carbonyl (C=O) groups excluding carboxylic acids is 1. The van der Waals surface area contributed by atoms with Crippen LogP contribution in [0.5, 0.6) is 0 Å². The molecule has 6 heteroatoms. The van der Waals surface area contributed by atoms with E-state index in [0.29, 0.717) is 37.1 Å². The molecule has 29 heavy (non-hydrogen) atoms. The number of rotatable bonds is 8. The van der Waals surface area contributed by atoms with Crippen molar-refractivity contribution < 1.29 is 4.79 Å². The van der Waals surface area contributed by atoms with Crippen molar-refractivity contribution in [2.24, 2.45) is 0 Å². The number of benzene rings is 1. The molecule has 1 amide bonds. The summed E-state index contributed by atoms with van der Waals surface area (Å²) in [6.07, 6.45) is 6.40. The van der Waals surface area contributed by atoms with Crippen molar-refractivity contribution in [2.45, 2.75) is 32.2 Å². The van der Waals surface area contributed by atoms with E-state index in [9.17, 15) is 9.59 Å². The molecule has 0 atom stereocenters. The van der Waals surface area contributed by atoms with Crippen molar-refractivity contribution in [3.05, 3.63) is 82.9 Å². The summed E-state index contributed by atoms with van der Waals surface area (Å²) in [4.78, 5) is 29.4. The molecule has 0 bridgehead atoms. The van der Waals surface area contributed by atoms with E-state index in [-0.39, 0.29) is 11.5 Å². The minimum atomic E-state index is -0.0792. The Hall–Kier alpha value is -3.41. The Bertz CT molecular complexity index is 1180. The van der Waals surface area contributed by atoms with Crippen molar-refractivity contribution >= 4 is 22.6 Å². The normalized spacial score (nSPS) is 11.2. The highest BCUT2D eigenvalue weighted by Gasteiger charge is 2.11. The van der Waals surface area contributed by atoms with Crippen LogP contribution in [0.1, 0.15) is 24.8 Å². The first kappa shape index (κ1) is 18.9. The first-order chi connectivity index (χ1) is 14.2. The summed E-state index contributed by atoms with van der Waals surface area (Å²) in [7, 11) is 0. The second-order valence-corrected chi connectivity index (χ2v) is 7.11. The van der Waals surface area contributed by atoms with E-state index in [4.69, 9.17) is 0 Å². The maximum atomic E-state index is 12.8. The van der Waals surface area contributed by atoms with E-state index in [2.05, 4.69) is 22.4 Å². The first-order valence-electron chi connectivity index (χ1n) is 9.99. The van der Waals surface area contributed by atoms with Crippen molar-refractivity contribution in [3.8, 4) is 0 Å². The Kier molecular flexibility index (Phi) is 5.70. The quantitative estimate of drug-likeness (QED) is 0.472. The first-order valence-corrected chi connectivity index (χ1v) is 9.99. The number of pyridine rings is 1. The van der Waals surface area contributed by atoms with Gasteiger partial charge in [0.2, 0.25) is 5.91 Å². The summed E-state index contributed by atoms with van der Waals surface area (Å²) < 4.78 is 3.54. The van der Waals surface area contributed by atoms with Gasteiger partial charge in [-0.15, -0.1) is 0 Å².